The van der Waals surface area contributed by atoms with Gasteiger partial charge in [-0.2, -0.15) is 0 Å². The second kappa shape index (κ2) is 7.93. The third-order valence-electron chi connectivity index (χ3n) is 5.22. The third kappa shape index (κ3) is 4.33. The lowest BCUT2D eigenvalue weighted by atomic mass is 10.0. The summed E-state index contributed by atoms with van der Waals surface area (Å²) in [7, 11) is 1.65. The van der Waals surface area contributed by atoms with Crippen molar-refractivity contribution >= 4 is 5.91 Å². The van der Waals surface area contributed by atoms with E-state index in [1.807, 2.05) is 0 Å². The summed E-state index contributed by atoms with van der Waals surface area (Å²) in [5.74, 6) is 1.62. The molecule has 0 aromatic heterocycles. The van der Waals surface area contributed by atoms with Crippen molar-refractivity contribution in [2.45, 2.75) is 19.3 Å². The highest BCUT2D eigenvalue weighted by atomic mass is 16.5. The van der Waals surface area contributed by atoms with E-state index in [-0.39, 0.29) is 5.91 Å². The summed E-state index contributed by atoms with van der Waals surface area (Å²) < 4.78 is 5.01. The molecule has 3 rings (SSSR count). The first kappa shape index (κ1) is 16.5. The van der Waals surface area contributed by atoms with E-state index in [0.29, 0.717) is 24.9 Å². The molecule has 1 aromatic carbocycles. The normalized spacial score (nSPS) is 24.1. The van der Waals surface area contributed by atoms with Gasteiger partial charge in [-0.05, 0) is 36.8 Å². The minimum atomic E-state index is 0.261. The van der Waals surface area contributed by atoms with Crippen LogP contribution in [-0.4, -0.2) is 62.1 Å². The van der Waals surface area contributed by atoms with E-state index in [2.05, 4.69) is 40.1 Å². The highest BCUT2D eigenvalue weighted by molar-refractivity contribution is 5.76. The summed E-state index contributed by atoms with van der Waals surface area (Å²) >= 11 is 0. The fourth-order valence-corrected chi connectivity index (χ4v) is 3.98. The van der Waals surface area contributed by atoms with Crippen LogP contribution in [0.4, 0.5) is 0 Å². The van der Waals surface area contributed by atoms with Gasteiger partial charge in [0, 0.05) is 33.3 Å². The number of methoxy groups -OCH3 is 1. The Morgan fingerprint density at radius 3 is 2.48 bits per heavy atom. The van der Waals surface area contributed by atoms with Crippen molar-refractivity contribution in [2.24, 2.45) is 11.8 Å². The van der Waals surface area contributed by atoms with Crippen molar-refractivity contribution in [1.29, 1.82) is 0 Å². The largest absolute Gasteiger partial charge is 0.384 e. The van der Waals surface area contributed by atoms with E-state index in [9.17, 15) is 4.79 Å². The van der Waals surface area contributed by atoms with Gasteiger partial charge < -0.3 is 14.5 Å². The number of amides is 1. The van der Waals surface area contributed by atoms with Crippen molar-refractivity contribution in [3.8, 4) is 0 Å². The maximum atomic E-state index is 12.1. The Hall–Kier alpha value is -1.39. The number of rotatable bonds is 7. The van der Waals surface area contributed by atoms with Crippen molar-refractivity contribution in [3.63, 3.8) is 0 Å². The minimum absolute atomic E-state index is 0.261. The number of carbonyl (C=O) groups excluding carboxylic acids is 1. The molecule has 126 valence electrons. The molecule has 2 aliphatic heterocycles. The van der Waals surface area contributed by atoms with Gasteiger partial charge in [-0.15, -0.1) is 0 Å². The van der Waals surface area contributed by atoms with Gasteiger partial charge in [0.25, 0.3) is 0 Å². The standard InChI is InChI=1S/C19H28N2O2/c1-23-11-9-19(22)21-14-17-12-20(13-18(17)15-21)10-5-8-16-6-3-2-4-7-16/h2-4,6-7,17-18H,5,8-15H2,1H3. The van der Waals surface area contributed by atoms with Crippen LogP contribution in [0.15, 0.2) is 30.3 Å². The maximum Gasteiger partial charge on any atom is 0.224 e. The molecule has 4 nitrogen and oxygen atoms in total. The van der Waals surface area contributed by atoms with E-state index in [0.717, 1.165) is 32.6 Å². The first-order valence-corrected chi connectivity index (χ1v) is 8.79. The number of nitrogens with zero attached hydrogens (tertiary/aromatic N) is 2. The zero-order chi connectivity index (χ0) is 16.1. The lowest BCUT2D eigenvalue weighted by molar-refractivity contribution is -0.131. The van der Waals surface area contributed by atoms with Gasteiger partial charge in [-0.25, -0.2) is 0 Å². The summed E-state index contributed by atoms with van der Waals surface area (Å²) in [5, 5.41) is 0. The van der Waals surface area contributed by atoms with Gasteiger partial charge in [0.15, 0.2) is 0 Å². The Balaban J connectivity index is 1.37. The molecule has 2 unspecified atom stereocenters. The van der Waals surface area contributed by atoms with Crippen LogP contribution in [0.3, 0.4) is 0 Å². The molecule has 4 heteroatoms. The first-order valence-electron chi connectivity index (χ1n) is 8.79. The Labute approximate surface area is 139 Å². The van der Waals surface area contributed by atoms with Crippen molar-refractivity contribution in [3.05, 3.63) is 35.9 Å². The van der Waals surface area contributed by atoms with E-state index < -0.39 is 0 Å². The number of carbonyl (C=O) groups is 1. The summed E-state index contributed by atoms with van der Waals surface area (Å²) in [6.45, 7) is 5.93. The molecule has 1 amide bonds. The smallest absolute Gasteiger partial charge is 0.224 e. The zero-order valence-electron chi connectivity index (χ0n) is 14.1. The number of hydrogen-bond donors (Lipinski definition) is 0. The number of hydrogen-bond acceptors (Lipinski definition) is 3. The second-order valence-corrected chi connectivity index (χ2v) is 6.91. The van der Waals surface area contributed by atoms with Crippen molar-refractivity contribution < 1.29 is 9.53 Å². The summed E-state index contributed by atoms with van der Waals surface area (Å²) in [6, 6.07) is 10.7. The maximum absolute atomic E-state index is 12.1. The Bertz CT molecular complexity index is 491. The summed E-state index contributed by atoms with van der Waals surface area (Å²) in [4.78, 5) is 16.7. The second-order valence-electron chi connectivity index (χ2n) is 6.91. The Morgan fingerprint density at radius 2 is 1.83 bits per heavy atom. The van der Waals surface area contributed by atoms with Crippen LogP contribution in [0.25, 0.3) is 0 Å². The number of aryl methyl sites for hydroxylation is 1. The quantitative estimate of drug-likeness (QED) is 0.772. The molecule has 2 fully saturated rings. The summed E-state index contributed by atoms with van der Waals surface area (Å²) in [5.41, 5.74) is 1.43. The number of likely N-dealkylation sites (tertiary alicyclic amines) is 2. The predicted octanol–water partition coefficient (Wildman–Crippen LogP) is 2.05. The third-order valence-corrected chi connectivity index (χ3v) is 5.22. The lowest BCUT2D eigenvalue weighted by Crippen LogP contribution is -2.34. The van der Waals surface area contributed by atoms with Crippen LogP contribution in [0, 0.1) is 11.8 Å². The Morgan fingerprint density at radius 1 is 1.13 bits per heavy atom. The number of fused-ring (bicyclic) bond motifs is 1. The molecule has 0 spiro atoms. The molecular formula is C19H28N2O2. The molecule has 2 saturated heterocycles. The molecule has 2 aliphatic rings. The Kier molecular flexibility index (Phi) is 5.68. The van der Waals surface area contributed by atoms with Crippen LogP contribution < -0.4 is 0 Å². The van der Waals surface area contributed by atoms with E-state index in [1.165, 1.54) is 18.5 Å². The first-order chi connectivity index (χ1) is 11.3. The highest BCUT2D eigenvalue weighted by Gasteiger charge is 2.40. The molecule has 0 bridgehead atoms. The van der Waals surface area contributed by atoms with Gasteiger partial charge in [0.2, 0.25) is 5.91 Å². The van der Waals surface area contributed by atoms with Gasteiger partial charge in [-0.1, -0.05) is 30.3 Å². The minimum Gasteiger partial charge on any atom is -0.384 e. The molecule has 2 heterocycles. The highest BCUT2D eigenvalue weighted by Crippen LogP contribution is 2.31. The van der Waals surface area contributed by atoms with Crippen LogP contribution in [0.2, 0.25) is 0 Å². The predicted molar refractivity (Wildman–Crippen MR) is 91.3 cm³/mol. The van der Waals surface area contributed by atoms with E-state index in [1.54, 1.807) is 7.11 Å². The van der Waals surface area contributed by atoms with Crippen LogP contribution in [0.5, 0.6) is 0 Å². The molecule has 1 aromatic rings. The number of ether oxygens (including phenoxy) is 1. The van der Waals surface area contributed by atoms with Crippen LogP contribution >= 0.6 is 0 Å². The monoisotopic (exact) mass is 316 g/mol. The lowest BCUT2D eigenvalue weighted by Gasteiger charge is -2.21. The van der Waals surface area contributed by atoms with E-state index >= 15 is 0 Å². The average Bonchev–Trinajstić information content (AvgIpc) is 3.12. The van der Waals surface area contributed by atoms with Crippen molar-refractivity contribution in [2.75, 3.05) is 46.4 Å². The van der Waals surface area contributed by atoms with Gasteiger partial charge in [-0.3, -0.25) is 4.79 Å². The van der Waals surface area contributed by atoms with Gasteiger partial charge in [0.1, 0.15) is 0 Å². The molecule has 0 N–H and O–H groups in total. The van der Waals surface area contributed by atoms with Crippen LogP contribution in [-0.2, 0) is 16.0 Å². The number of benzene rings is 1. The fourth-order valence-electron chi connectivity index (χ4n) is 3.98. The molecule has 0 radical (unpaired) electrons. The molecule has 0 saturated carbocycles. The SMILES string of the molecule is COCCC(=O)N1CC2CN(CCCc3ccccc3)CC2C1. The topological polar surface area (TPSA) is 32.8 Å². The molecule has 23 heavy (non-hydrogen) atoms. The average molecular weight is 316 g/mol. The molecular weight excluding hydrogens is 288 g/mol. The fraction of sp³-hybridized carbons (Fsp3) is 0.632. The van der Waals surface area contributed by atoms with Gasteiger partial charge in [0.05, 0.1) is 13.0 Å². The zero-order valence-corrected chi connectivity index (χ0v) is 14.1. The molecule has 2 atom stereocenters. The summed E-state index contributed by atoms with van der Waals surface area (Å²) in [6.07, 6.45) is 2.91. The van der Waals surface area contributed by atoms with Crippen LogP contribution in [0.1, 0.15) is 18.4 Å². The van der Waals surface area contributed by atoms with Gasteiger partial charge >= 0.3 is 0 Å². The van der Waals surface area contributed by atoms with E-state index in [4.69, 9.17) is 4.74 Å². The van der Waals surface area contributed by atoms with Crippen molar-refractivity contribution in [1.82, 2.24) is 9.80 Å². The molecule has 0 aliphatic carbocycles.